The molecule has 0 aliphatic rings. The van der Waals surface area contributed by atoms with Crippen LogP contribution >= 0.6 is 34.2 Å². The summed E-state index contributed by atoms with van der Waals surface area (Å²) in [5, 5.41) is 0.368. The number of hydrogen-bond acceptors (Lipinski definition) is 2. The molecule has 3 nitrogen and oxygen atoms in total. The van der Waals surface area contributed by atoms with Crippen LogP contribution in [0.3, 0.4) is 0 Å². The smallest absolute Gasteiger partial charge is 0.416 e. The third kappa shape index (κ3) is 4.63. The molecule has 3 aromatic carbocycles. The Kier molecular flexibility index (Phi) is 6.02. The summed E-state index contributed by atoms with van der Waals surface area (Å²) in [6, 6.07) is 11.1. The number of imidazole rings is 1. The van der Waals surface area contributed by atoms with Crippen molar-refractivity contribution in [2.24, 2.45) is 0 Å². The highest BCUT2D eigenvalue weighted by atomic mass is 127. The minimum Gasteiger partial charge on any atom is -0.495 e. The highest BCUT2D eigenvalue weighted by Crippen LogP contribution is 2.39. The molecule has 0 aliphatic carbocycles. The van der Waals surface area contributed by atoms with Gasteiger partial charge in [-0.1, -0.05) is 17.7 Å². The van der Waals surface area contributed by atoms with E-state index in [4.69, 9.17) is 16.3 Å². The first kappa shape index (κ1) is 23.7. The van der Waals surface area contributed by atoms with E-state index in [1.54, 1.807) is 28.8 Å². The summed E-state index contributed by atoms with van der Waals surface area (Å²) in [6.07, 6.45) is -9.85. The molecule has 0 saturated heterocycles. The lowest BCUT2D eigenvalue weighted by molar-refractivity contribution is -0.143. The second kappa shape index (κ2) is 8.39. The Morgan fingerprint density at radius 1 is 0.848 bits per heavy atom. The van der Waals surface area contributed by atoms with Crippen molar-refractivity contribution in [2.75, 3.05) is 7.11 Å². The minimum atomic E-state index is -4.93. The van der Waals surface area contributed by atoms with Crippen LogP contribution in [-0.4, -0.2) is 16.7 Å². The van der Waals surface area contributed by atoms with Crippen LogP contribution in [0.15, 0.2) is 54.6 Å². The van der Waals surface area contributed by atoms with Crippen LogP contribution in [0.25, 0.3) is 27.8 Å². The van der Waals surface area contributed by atoms with Gasteiger partial charge in [0.1, 0.15) is 5.75 Å². The summed E-state index contributed by atoms with van der Waals surface area (Å²) >= 11 is 8.20. The Morgan fingerprint density at radius 3 is 2.03 bits per heavy atom. The van der Waals surface area contributed by atoms with Gasteiger partial charge in [-0.2, -0.15) is 26.3 Å². The molecule has 0 radical (unpaired) electrons. The quantitative estimate of drug-likeness (QED) is 0.177. The first-order valence-electron chi connectivity index (χ1n) is 9.20. The topological polar surface area (TPSA) is 27.1 Å². The molecule has 1 aromatic heterocycles. The lowest BCUT2D eigenvalue weighted by Crippen LogP contribution is -2.11. The molecule has 0 fully saturated rings. The number of halogens is 8. The van der Waals surface area contributed by atoms with Crippen molar-refractivity contribution in [1.82, 2.24) is 9.55 Å². The number of ether oxygens (including phenoxy) is 1. The van der Waals surface area contributed by atoms with Gasteiger partial charge in [0.2, 0.25) is 0 Å². The van der Waals surface area contributed by atoms with Crippen molar-refractivity contribution in [3.05, 3.63) is 74.6 Å². The fraction of sp³-hybridized carbons (Fsp3) is 0.136. The molecule has 0 N–H and O–H groups in total. The summed E-state index contributed by atoms with van der Waals surface area (Å²) in [6.45, 7) is 0. The maximum absolute atomic E-state index is 13.2. The van der Waals surface area contributed by atoms with Gasteiger partial charge in [-0.05, 0) is 59.7 Å². The van der Waals surface area contributed by atoms with E-state index >= 15 is 0 Å². The molecular formula is C22H12ClF6IN2O. The van der Waals surface area contributed by atoms with Crippen LogP contribution in [-0.2, 0) is 12.4 Å². The molecule has 0 saturated carbocycles. The molecule has 4 rings (SSSR count). The molecule has 0 bridgehead atoms. The predicted octanol–water partition coefficient (Wildman–Crippen LogP) is 8.00. The van der Waals surface area contributed by atoms with Crippen molar-refractivity contribution < 1.29 is 31.1 Å². The van der Waals surface area contributed by atoms with Gasteiger partial charge in [-0.15, -0.1) is 0 Å². The van der Waals surface area contributed by atoms with Gasteiger partial charge < -0.3 is 4.74 Å². The standard InChI is InChI=1S/C22H12ClF6IN2O/c1-33-19-5-3-15(10-16(19)23)32-18-4-2-11(8-17(18)31-20(32)30)12-6-13(21(24,25)26)9-14(7-12)22(27,28)29/h2-10H,1H3. The van der Waals surface area contributed by atoms with E-state index in [1.165, 1.54) is 19.2 Å². The van der Waals surface area contributed by atoms with Crippen LogP contribution in [0, 0.1) is 3.83 Å². The van der Waals surface area contributed by atoms with Crippen LogP contribution in [0.4, 0.5) is 26.3 Å². The largest absolute Gasteiger partial charge is 0.495 e. The van der Waals surface area contributed by atoms with Crippen molar-refractivity contribution in [1.29, 1.82) is 0 Å². The van der Waals surface area contributed by atoms with E-state index in [0.29, 0.717) is 43.5 Å². The van der Waals surface area contributed by atoms with Crippen LogP contribution in [0.5, 0.6) is 5.75 Å². The number of rotatable bonds is 3. The molecule has 11 heteroatoms. The lowest BCUT2D eigenvalue weighted by atomic mass is 9.98. The van der Waals surface area contributed by atoms with Gasteiger partial charge in [0, 0.05) is 28.3 Å². The first-order valence-corrected chi connectivity index (χ1v) is 10.7. The number of alkyl halides is 6. The Morgan fingerprint density at radius 2 is 1.48 bits per heavy atom. The van der Waals surface area contributed by atoms with E-state index in [-0.39, 0.29) is 17.2 Å². The Bertz CT molecular complexity index is 1330. The molecule has 0 spiro atoms. The highest BCUT2D eigenvalue weighted by Gasteiger charge is 2.37. The molecule has 1 heterocycles. The zero-order chi connectivity index (χ0) is 24.1. The second-order valence-corrected chi connectivity index (χ2v) is 8.41. The van der Waals surface area contributed by atoms with E-state index in [2.05, 4.69) is 4.98 Å². The van der Waals surface area contributed by atoms with E-state index in [0.717, 1.165) is 0 Å². The Labute approximate surface area is 202 Å². The fourth-order valence-corrected chi connectivity index (χ4v) is 4.44. The summed E-state index contributed by atoms with van der Waals surface area (Å²) in [5.74, 6) is 0.479. The van der Waals surface area contributed by atoms with Gasteiger partial charge in [0.15, 0.2) is 3.83 Å². The number of nitrogens with zero attached hydrogens (tertiary/aromatic N) is 2. The fourth-order valence-electron chi connectivity index (χ4n) is 3.39. The maximum atomic E-state index is 13.2. The van der Waals surface area contributed by atoms with Crippen molar-refractivity contribution in [3.63, 3.8) is 0 Å². The summed E-state index contributed by atoms with van der Waals surface area (Å²) in [4.78, 5) is 4.42. The normalized spacial score (nSPS) is 12.4. The van der Waals surface area contributed by atoms with Gasteiger partial charge >= 0.3 is 12.4 Å². The average Bonchev–Trinajstić information content (AvgIpc) is 3.07. The number of aromatic nitrogens is 2. The Balaban J connectivity index is 1.86. The third-order valence-corrected chi connectivity index (χ3v) is 5.95. The molecular weight excluding hydrogens is 585 g/mol. The highest BCUT2D eigenvalue weighted by molar-refractivity contribution is 14.1. The summed E-state index contributed by atoms with van der Waals surface area (Å²) in [7, 11) is 1.48. The third-order valence-electron chi connectivity index (χ3n) is 4.93. The second-order valence-electron chi connectivity index (χ2n) is 7.03. The minimum absolute atomic E-state index is 0.104. The Hall–Kier alpha value is -2.47. The molecule has 33 heavy (non-hydrogen) atoms. The van der Waals surface area contributed by atoms with Crippen molar-refractivity contribution in [2.45, 2.75) is 12.4 Å². The number of benzene rings is 3. The number of hydrogen-bond donors (Lipinski definition) is 0. The van der Waals surface area contributed by atoms with Crippen LogP contribution < -0.4 is 4.74 Å². The van der Waals surface area contributed by atoms with Crippen LogP contribution in [0.2, 0.25) is 5.02 Å². The molecule has 4 aromatic rings. The van der Waals surface area contributed by atoms with Gasteiger partial charge in [-0.25, -0.2) is 4.98 Å². The SMILES string of the molecule is COc1ccc(-n2c(I)nc3cc(-c4cc(C(F)(F)F)cc(C(F)(F)F)c4)ccc32)cc1Cl. The molecule has 0 aliphatic heterocycles. The lowest BCUT2D eigenvalue weighted by Gasteiger charge is -2.14. The van der Waals surface area contributed by atoms with Crippen molar-refractivity contribution in [3.8, 4) is 22.6 Å². The van der Waals surface area contributed by atoms with Gasteiger partial charge in [0.25, 0.3) is 0 Å². The van der Waals surface area contributed by atoms with E-state index in [9.17, 15) is 26.3 Å². The number of methoxy groups -OCH3 is 1. The molecule has 172 valence electrons. The number of fused-ring (bicyclic) bond motifs is 1. The van der Waals surface area contributed by atoms with Gasteiger partial charge in [-0.3, -0.25) is 4.57 Å². The maximum Gasteiger partial charge on any atom is 0.416 e. The molecule has 0 unspecified atom stereocenters. The zero-order valence-corrected chi connectivity index (χ0v) is 19.4. The molecule has 0 amide bonds. The average molecular weight is 597 g/mol. The van der Waals surface area contributed by atoms with Crippen LogP contribution in [0.1, 0.15) is 11.1 Å². The van der Waals surface area contributed by atoms with E-state index < -0.39 is 23.5 Å². The molecule has 0 atom stereocenters. The first-order chi connectivity index (χ1) is 15.4. The van der Waals surface area contributed by atoms with E-state index in [1.807, 2.05) is 22.6 Å². The monoisotopic (exact) mass is 596 g/mol. The zero-order valence-electron chi connectivity index (χ0n) is 16.5. The summed E-state index contributed by atoms with van der Waals surface area (Å²) < 4.78 is 86.8. The van der Waals surface area contributed by atoms with Crippen molar-refractivity contribution >= 4 is 45.2 Å². The summed E-state index contributed by atoms with van der Waals surface area (Å²) in [5.41, 5.74) is -1.12. The van der Waals surface area contributed by atoms with Gasteiger partial charge in [0.05, 0.1) is 34.3 Å². The predicted molar refractivity (Wildman–Crippen MR) is 121 cm³/mol.